The van der Waals surface area contributed by atoms with E-state index >= 15 is 0 Å². The maximum Gasteiger partial charge on any atom is 0.318 e. The molecule has 90 valence electrons. The van der Waals surface area contributed by atoms with Crippen molar-refractivity contribution < 1.29 is 13.7 Å². The second-order valence-corrected chi connectivity index (χ2v) is 4.85. The Kier molecular flexibility index (Phi) is 3.23. The van der Waals surface area contributed by atoms with Crippen LogP contribution in [0.2, 0.25) is 0 Å². The van der Waals surface area contributed by atoms with Crippen LogP contribution in [0.5, 0.6) is 0 Å². The standard InChI is InChI=1S/C11H12N2O3S/c1-13-9-6-4-3-5-8(9)12-11(13)17(15)7-10(14)16-2/h3-6H,7H2,1-2H3/t17-/m0/s1. The molecule has 0 N–H and O–H groups in total. The van der Waals surface area contributed by atoms with Crippen molar-refractivity contribution >= 4 is 27.8 Å². The van der Waals surface area contributed by atoms with Crippen LogP contribution < -0.4 is 0 Å². The fourth-order valence-corrected chi connectivity index (χ4v) is 2.62. The molecule has 0 unspecified atom stereocenters. The summed E-state index contributed by atoms with van der Waals surface area (Å²) in [5, 5.41) is 0.386. The molecule has 0 bridgehead atoms. The summed E-state index contributed by atoms with van der Waals surface area (Å²) in [5.41, 5.74) is 1.66. The van der Waals surface area contributed by atoms with E-state index < -0.39 is 16.8 Å². The minimum atomic E-state index is -1.48. The lowest BCUT2D eigenvalue weighted by molar-refractivity contribution is -0.137. The van der Waals surface area contributed by atoms with Gasteiger partial charge in [-0.2, -0.15) is 0 Å². The van der Waals surface area contributed by atoms with Gasteiger partial charge in [0, 0.05) is 7.05 Å². The maximum absolute atomic E-state index is 11.9. The number of hydrogen-bond acceptors (Lipinski definition) is 4. The monoisotopic (exact) mass is 252 g/mol. The fraction of sp³-hybridized carbons (Fsp3) is 0.273. The molecule has 0 fully saturated rings. The SMILES string of the molecule is COC(=O)C[S@](=O)c1nc2ccccc2n1C. The second kappa shape index (κ2) is 4.67. The third-order valence-electron chi connectivity index (χ3n) is 2.43. The number of methoxy groups -OCH3 is 1. The lowest BCUT2D eigenvalue weighted by atomic mass is 10.3. The van der Waals surface area contributed by atoms with E-state index in [1.807, 2.05) is 24.3 Å². The highest BCUT2D eigenvalue weighted by atomic mass is 32.2. The van der Waals surface area contributed by atoms with Gasteiger partial charge in [0.05, 0.1) is 18.1 Å². The quantitative estimate of drug-likeness (QED) is 0.760. The van der Waals surface area contributed by atoms with Crippen molar-refractivity contribution in [2.75, 3.05) is 12.9 Å². The molecule has 0 spiro atoms. The van der Waals surface area contributed by atoms with E-state index in [9.17, 15) is 9.00 Å². The van der Waals surface area contributed by atoms with Gasteiger partial charge in [0.25, 0.3) is 0 Å². The molecule has 2 aromatic rings. The summed E-state index contributed by atoms with van der Waals surface area (Å²) < 4.78 is 18.1. The van der Waals surface area contributed by atoms with E-state index in [1.165, 1.54) is 7.11 Å². The summed E-state index contributed by atoms with van der Waals surface area (Å²) in [5.74, 6) is -0.677. The van der Waals surface area contributed by atoms with Crippen LogP contribution in [0, 0.1) is 0 Å². The van der Waals surface area contributed by atoms with Crippen LogP contribution in [0.3, 0.4) is 0 Å². The van der Waals surface area contributed by atoms with Gasteiger partial charge in [-0.3, -0.25) is 9.00 Å². The zero-order chi connectivity index (χ0) is 12.4. The molecule has 2 rings (SSSR count). The number of rotatable bonds is 3. The van der Waals surface area contributed by atoms with Crippen LogP contribution in [-0.4, -0.2) is 32.6 Å². The highest BCUT2D eigenvalue weighted by molar-refractivity contribution is 7.85. The molecule has 0 aliphatic heterocycles. The van der Waals surface area contributed by atoms with E-state index in [-0.39, 0.29) is 5.75 Å². The molecule has 5 nitrogen and oxygen atoms in total. The lowest BCUT2D eigenvalue weighted by Gasteiger charge is -2.01. The number of nitrogens with zero attached hydrogens (tertiary/aromatic N) is 2. The molecular weight excluding hydrogens is 240 g/mol. The number of para-hydroxylation sites is 2. The fourth-order valence-electron chi connectivity index (χ4n) is 1.56. The van der Waals surface area contributed by atoms with Crippen molar-refractivity contribution in [1.82, 2.24) is 9.55 Å². The lowest BCUT2D eigenvalue weighted by Crippen LogP contribution is -2.14. The van der Waals surface area contributed by atoms with Crippen LogP contribution in [0.4, 0.5) is 0 Å². The molecule has 1 atom stereocenters. The van der Waals surface area contributed by atoms with Gasteiger partial charge < -0.3 is 9.30 Å². The molecule has 1 aromatic heterocycles. The van der Waals surface area contributed by atoms with Gasteiger partial charge in [0.2, 0.25) is 0 Å². The Bertz CT molecular complexity index is 591. The van der Waals surface area contributed by atoms with Crippen molar-refractivity contribution in [3.63, 3.8) is 0 Å². The van der Waals surface area contributed by atoms with Gasteiger partial charge in [0.15, 0.2) is 5.16 Å². The van der Waals surface area contributed by atoms with Crippen molar-refractivity contribution in [2.24, 2.45) is 7.05 Å². The van der Waals surface area contributed by atoms with Crippen molar-refractivity contribution in [1.29, 1.82) is 0 Å². The average Bonchev–Trinajstić information content (AvgIpc) is 2.67. The van der Waals surface area contributed by atoms with E-state index in [0.29, 0.717) is 5.16 Å². The number of imidazole rings is 1. The van der Waals surface area contributed by atoms with Crippen molar-refractivity contribution in [3.05, 3.63) is 24.3 Å². The third kappa shape index (κ3) is 2.21. The first kappa shape index (κ1) is 11.8. The van der Waals surface area contributed by atoms with Gasteiger partial charge in [-0.25, -0.2) is 4.98 Å². The van der Waals surface area contributed by atoms with Crippen LogP contribution >= 0.6 is 0 Å². The Labute approximate surface area is 101 Å². The molecule has 17 heavy (non-hydrogen) atoms. The first-order chi connectivity index (χ1) is 8.13. The number of fused-ring (bicyclic) bond motifs is 1. The number of benzene rings is 1. The van der Waals surface area contributed by atoms with Crippen LogP contribution in [0.15, 0.2) is 29.4 Å². The highest BCUT2D eigenvalue weighted by Gasteiger charge is 2.16. The maximum atomic E-state index is 11.9. The summed E-state index contributed by atoms with van der Waals surface area (Å²) in [4.78, 5) is 15.3. The van der Waals surface area contributed by atoms with Crippen LogP contribution in [0.1, 0.15) is 0 Å². The van der Waals surface area contributed by atoms with E-state index in [2.05, 4.69) is 9.72 Å². The first-order valence-corrected chi connectivity index (χ1v) is 6.32. The predicted molar refractivity (Wildman–Crippen MR) is 64.0 cm³/mol. The van der Waals surface area contributed by atoms with Crippen molar-refractivity contribution in [3.8, 4) is 0 Å². The number of aryl methyl sites for hydroxylation is 1. The van der Waals surface area contributed by atoms with Crippen LogP contribution in [0.25, 0.3) is 11.0 Å². The summed E-state index contributed by atoms with van der Waals surface area (Å²) in [6.45, 7) is 0. The molecular formula is C11H12N2O3S. The Balaban J connectivity index is 2.39. The number of ether oxygens (including phenoxy) is 1. The molecule has 1 heterocycles. The highest BCUT2D eigenvalue weighted by Crippen LogP contribution is 2.16. The number of carbonyl (C=O) groups is 1. The Morgan fingerprint density at radius 2 is 2.18 bits per heavy atom. The summed E-state index contributed by atoms with van der Waals surface area (Å²) in [7, 11) is 1.57. The molecule has 0 amide bonds. The molecule has 0 saturated carbocycles. The molecule has 0 saturated heterocycles. The summed E-state index contributed by atoms with van der Waals surface area (Å²) >= 11 is 0. The zero-order valence-electron chi connectivity index (χ0n) is 9.54. The molecule has 6 heteroatoms. The second-order valence-electron chi connectivity index (χ2n) is 3.51. The van der Waals surface area contributed by atoms with E-state index in [0.717, 1.165) is 11.0 Å². The first-order valence-electron chi connectivity index (χ1n) is 5.00. The Morgan fingerprint density at radius 1 is 1.47 bits per heavy atom. The smallest absolute Gasteiger partial charge is 0.318 e. The molecule has 1 aromatic carbocycles. The number of hydrogen-bond donors (Lipinski definition) is 0. The number of aromatic nitrogens is 2. The van der Waals surface area contributed by atoms with Gasteiger partial charge in [-0.1, -0.05) is 12.1 Å². The van der Waals surface area contributed by atoms with Gasteiger partial charge in [-0.05, 0) is 12.1 Å². The molecule has 0 aliphatic rings. The minimum absolute atomic E-state index is 0.173. The zero-order valence-corrected chi connectivity index (χ0v) is 10.4. The van der Waals surface area contributed by atoms with E-state index in [1.54, 1.807) is 11.6 Å². The van der Waals surface area contributed by atoms with Gasteiger partial charge in [0.1, 0.15) is 16.6 Å². The molecule has 0 radical (unpaired) electrons. The topological polar surface area (TPSA) is 61.2 Å². The molecule has 0 aliphatic carbocycles. The van der Waals surface area contributed by atoms with Crippen molar-refractivity contribution in [2.45, 2.75) is 5.16 Å². The van der Waals surface area contributed by atoms with Gasteiger partial charge in [-0.15, -0.1) is 0 Å². The third-order valence-corrected chi connectivity index (χ3v) is 3.70. The summed E-state index contributed by atoms with van der Waals surface area (Å²) in [6, 6.07) is 7.48. The van der Waals surface area contributed by atoms with Gasteiger partial charge >= 0.3 is 5.97 Å². The van der Waals surface area contributed by atoms with E-state index in [4.69, 9.17) is 0 Å². The number of carbonyl (C=O) groups excluding carboxylic acids is 1. The Morgan fingerprint density at radius 3 is 2.82 bits per heavy atom. The Hall–Kier alpha value is -1.69. The summed E-state index contributed by atoms with van der Waals surface area (Å²) in [6.07, 6.45) is 0. The normalized spacial score (nSPS) is 12.6. The number of esters is 1. The average molecular weight is 252 g/mol. The van der Waals surface area contributed by atoms with Crippen LogP contribution in [-0.2, 0) is 27.4 Å². The largest absolute Gasteiger partial charge is 0.468 e. The predicted octanol–water partition coefficient (Wildman–Crippen LogP) is 0.854. The minimum Gasteiger partial charge on any atom is -0.468 e.